The molecule has 0 radical (unpaired) electrons. The molecule has 3 aromatic rings. The molecule has 1 aliphatic rings. The molecule has 1 fully saturated rings. The smallest absolute Gasteiger partial charge is 0.326 e. The first-order chi connectivity index (χ1) is 17.3. The largest absolute Gasteiger partial charge is 0.489 e. The second-order valence-corrected chi connectivity index (χ2v) is 9.51. The molecule has 6 nitrogen and oxygen atoms in total. The van der Waals surface area contributed by atoms with Crippen LogP contribution >= 0.6 is 23.2 Å². The van der Waals surface area contributed by atoms with E-state index < -0.39 is 17.9 Å². The van der Waals surface area contributed by atoms with Gasteiger partial charge in [-0.3, -0.25) is 9.69 Å². The number of carbonyl (C=O) groups excluding carboxylic acids is 1. The van der Waals surface area contributed by atoms with Crippen LogP contribution in [-0.2, 0) is 17.8 Å². The van der Waals surface area contributed by atoms with Gasteiger partial charge in [0, 0.05) is 26.1 Å². The lowest BCUT2D eigenvalue weighted by Crippen LogP contribution is -2.42. The van der Waals surface area contributed by atoms with Crippen LogP contribution in [0, 0.1) is 5.82 Å². The molecular formula is C27H25Cl2FN2O4. The van der Waals surface area contributed by atoms with E-state index in [1.807, 2.05) is 0 Å². The van der Waals surface area contributed by atoms with Crippen LogP contribution in [0.3, 0.4) is 0 Å². The Hall–Kier alpha value is -3.13. The molecule has 1 saturated heterocycles. The van der Waals surface area contributed by atoms with Crippen LogP contribution in [0.25, 0.3) is 0 Å². The van der Waals surface area contributed by atoms with Crippen molar-refractivity contribution in [2.75, 3.05) is 13.1 Å². The van der Waals surface area contributed by atoms with Crippen molar-refractivity contribution in [2.24, 2.45) is 0 Å². The third kappa shape index (κ3) is 6.75. The summed E-state index contributed by atoms with van der Waals surface area (Å²) >= 11 is 12.1. The zero-order chi connectivity index (χ0) is 25.7. The molecule has 2 atom stereocenters. The molecular weight excluding hydrogens is 506 g/mol. The predicted octanol–water partition coefficient (Wildman–Crippen LogP) is 5.21. The average Bonchev–Trinajstić information content (AvgIpc) is 3.27. The van der Waals surface area contributed by atoms with Gasteiger partial charge in [0.15, 0.2) is 0 Å². The number of hydrogen-bond donors (Lipinski definition) is 2. The van der Waals surface area contributed by atoms with Gasteiger partial charge in [-0.05, 0) is 53.9 Å². The lowest BCUT2D eigenvalue weighted by molar-refractivity contribution is -0.139. The number of aliphatic carboxylic acids is 1. The number of carboxylic acids is 1. The Bertz CT molecular complexity index is 1200. The predicted molar refractivity (Wildman–Crippen MR) is 136 cm³/mol. The maximum atomic E-state index is 13.1. The third-order valence-corrected chi connectivity index (χ3v) is 6.64. The first kappa shape index (κ1) is 25.9. The number of amides is 1. The molecule has 0 unspecified atom stereocenters. The van der Waals surface area contributed by atoms with Crippen molar-refractivity contribution in [3.63, 3.8) is 0 Å². The summed E-state index contributed by atoms with van der Waals surface area (Å²) in [6.45, 7) is 2.38. The molecule has 4 rings (SSSR count). The first-order valence-corrected chi connectivity index (χ1v) is 12.2. The van der Waals surface area contributed by atoms with Crippen LogP contribution in [0.1, 0.15) is 27.9 Å². The van der Waals surface area contributed by atoms with Gasteiger partial charge in [0.1, 0.15) is 23.7 Å². The quantitative estimate of drug-likeness (QED) is 0.397. The zero-order valence-corrected chi connectivity index (χ0v) is 20.8. The zero-order valence-electron chi connectivity index (χ0n) is 19.3. The van der Waals surface area contributed by atoms with E-state index in [0.717, 1.165) is 37.2 Å². The fourth-order valence-corrected chi connectivity index (χ4v) is 4.73. The Morgan fingerprint density at radius 2 is 1.67 bits per heavy atom. The first-order valence-electron chi connectivity index (χ1n) is 11.5. The second-order valence-electron chi connectivity index (χ2n) is 8.70. The average molecular weight is 531 g/mol. The van der Waals surface area contributed by atoms with Crippen LogP contribution in [0.15, 0.2) is 66.7 Å². The number of carbonyl (C=O) groups is 2. The maximum absolute atomic E-state index is 13.1. The van der Waals surface area contributed by atoms with E-state index >= 15 is 0 Å². The summed E-state index contributed by atoms with van der Waals surface area (Å²) in [5, 5.41) is 12.4. The molecule has 0 aliphatic carbocycles. The number of hydrogen-bond acceptors (Lipinski definition) is 4. The molecule has 36 heavy (non-hydrogen) atoms. The van der Waals surface area contributed by atoms with E-state index in [9.17, 15) is 19.1 Å². The maximum Gasteiger partial charge on any atom is 0.326 e. The fourth-order valence-electron chi connectivity index (χ4n) is 4.16. The summed E-state index contributed by atoms with van der Waals surface area (Å²) < 4.78 is 19.2. The minimum Gasteiger partial charge on any atom is -0.489 e. The standard InChI is InChI=1S/C27H25Cl2FN2O4/c28-22-2-1-3-23(29)25(22)26(33)31-24(27(34)35)14-17-6-10-20(11-7-17)36-21-12-13-32(16-21)15-18-4-8-19(30)9-5-18/h1-11,21,24H,12-16H2,(H,31,33)(H,34,35)/t21-,24-/m0/s1. The second kappa shape index (κ2) is 11.7. The summed E-state index contributed by atoms with van der Waals surface area (Å²) in [5.74, 6) is -1.37. The molecule has 1 amide bonds. The number of likely N-dealkylation sites (tertiary alicyclic amines) is 1. The number of halogens is 3. The van der Waals surface area contributed by atoms with Gasteiger partial charge in [0.2, 0.25) is 0 Å². The Balaban J connectivity index is 1.31. The number of rotatable bonds is 9. The van der Waals surface area contributed by atoms with Crippen molar-refractivity contribution in [1.82, 2.24) is 10.2 Å². The molecule has 2 N–H and O–H groups in total. The molecule has 1 aliphatic heterocycles. The molecule has 0 bridgehead atoms. The Morgan fingerprint density at radius 1 is 1.03 bits per heavy atom. The van der Waals surface area contributed by atoms with Crippen LogP contribution in [0.2, 0.25) is 10.0 Å². The lowest BCUT2D eigenvalue weighted by Gasteiger charge is -2.18. The summed E-state index contributed by atoms with van der Waals surface area (Å²) in [4.78, 5) is 26.7. The molecule has 188 valence electrons. The molecule has 0 spiro atoms. The number of carboxylic acid groups (broad SMARTS) is 1. The van der Waals surface area contributed by atoms with Gasteiger partial charge in [0.05, 0.1) is 15.6 Å². The van der Waals surface area contributed by atoms with E-state index in [4.69, 9.17) is 27.9 Å². The van der Waals surface area contributed by atoms with Crippen LogP contribution in [-0.4, -0.2) is 47.1 Å². The van der Waals surface area contributed by atoms with E-state index in [-0.39, 0.29) is 34.0 Å². The van der Waals surface area contributed by atoms with Crippen molar-refractivity contribution in [2.45, 2.75) is 31.5 Å². The monoisotopic (exact) mass is 530 g/mol. The number of benzene rings is 3. The summed E-state index contributed by atoms with van der Waals surface area (Å²) in [7, 11) is 0. The van der Waals surface area contributed by atoms with E-state index in [2.05, 4.69) is 10.2 Å². The van der Waals surface area contributed by atoms with Crippen LogP contribution in [0.5, 0.6) is 5.75 Å². The SMILES string of the molecule is O=C(N[C@@H](Cc1ccc(O[C@H]2CCN(Cc3ccc(F)cc3)C2)cc1)C(=O)O)c1c(Cl)cccc1Cl. The van der Waals surface area contributed by atoms with Crippen molar-refractivity contribution < 1.29 is 23.8 Å². The van der Waals surface area contributed by atoms with Gasteiger partial charge in [0.25, 0.3) is 5.91 Å². The highest BCUT2D eigenvalue weighted by Crippen LogP contribution is 2.25. The summed E-state index contributed by atoms with van der Waals surface area (Å²) in [6.07, 6.45) is 0.988. The molecule has 9 heteroatoms. The van der Waals surface area contributed by atoms with Crippen LogP contribution < -0.4 is 10.1 Å². The van der Waals surface area contributed by atoms with Gasteiger partial charge in [-0.25, -0.2) is 9.18 Å². The lowest BCUT2D eigenvalue weighted by atomic mass is 10.0. The molecule has 1 heterocycles. The van der Waals surface area contributed by atoms with E-state index in [0.29, 0.717) is 5.75 Å². The highest BCUT2D eigenvalue weighted by Gasteiger charge is 2.25. The fraction of sp³-hybridized carbons (Fsp3) is 0.259. The summed E-state index contributed by atoms with van der Waals surface area (Å²) in [5.41, 5.74) is 1.82. The number of ether oxygens (including phenoxy) is 1. The third-order valence-electron chi connectivity index (χ3n) is 6.01. The minimum atomic E-state index is -1.17. The van der Waals surface area contributed by atoms with Crippen LogP contribution in [0.4, 0.5) is 4.39 Å². The van der Waals surface area contributed by atoms with Gasteiger partial charge in [-0.2, -0.15) is 0 Å². The van der Waals surface area contributed by atoms with Crippen molar-refractivity contribution in [3.8, 4) is 5.75 Å². The van der Waals surface area contributed by atoms with Gasteiger partial charge < -0.3 is 15.2 Å². The normalized spacial score (nSPS) is 16.5. The minimum absolute atomic E-state index is 0.0303. The topological polar surface area (TPSA) is 78.9 Å². The Morgan fingerprint density at radius 3 is 2.31 bits per heavy atom. The molecule has 0 saturated carbocycles. The Labute approximate surface area is 218 Å². The van der Waals surface area contributed by atoms with Crippen molar-refractivity contribution in [1.29, 1.82) is 0 Å². The molecule has 3 aromatic carbocycles. The Kier molecular flexibility index (Phi) is 8.46. The highest BCUT2D eigenvalue weighted by molar-refractivity contribution is 6.39. The number of nitrogens with one attached hydrogen (secondary N) is 1. The van der Waals surface area contributed by atoms with E-state index in [1.54, 1.807) is 42.5 Å². The van der Waals surface area contributed by atoms with Crippen molar-refractivity contribution in [3.05, 3.63) is 99.3 Å². The van der Waals surface area contributed by atoms with Gasteiger partial charge in [-0.15, -0.1) is 0 Å². The number of nitrogens with zero attached hydrogens (tertiary/aromatic N) is 1. The molecule has 0 aromatic heterocycles. The van der Waals surface area contributed by atoms with Gasteiger partial charge in [-0.1, -0.05) is 53.5 Å². The summed E-state index contributed by atoms with van der Waals surface area (Å²) in [6, 6.07) is 17.1. The van der Waals surface area contributed by atoms with Gasteiger partial charge >= 0.3 is 5.97 Å². The highest BCUT2D eigenvalue weighted by atomic mass is 35.5. The van der Waals surface area contributed by atoms with Crippen molar-refractivity contribution >= 4 is 35.1 Å². The van der Waals surface area contributed by atoms with E-state index in [1.165, 1.54) is 24.3 Å².